The molecule has 1 heterocycles. The van der Waals surface area contributed by atoms with Gasteiger partial charge >= 0.3 is 0 Å². The number of carbonyl (C=O) groups is 2. The largest absolute Gasteiger partial charge is 0.323 e. The summed E-state index contributed by atoms with van der Waals surface area (Å²) in [7, 11) is 0. The maximum atomic E-state index is 12.6. The van der Waals surface area contributed by atoms with Gasteiger partial charge in [-0.05, 0) is 64.2 Å². The highest BCUT2D eigenvalue weighted by Crippen LogP contribution is 2.15. The quantitative estimate of drug-likeness (QED) is 0.0608. The first-order valence-electron chi connectivity index (χ1n) is 19.0. The molecule has 0 radical (unpaired) electrons. The second kappa shape index (κ2) is 30.4. The number of allylic oxidation sites excluding steroid dienone is 4. The molecule has 43 heavy (non-hydrogen) atoms. The van der Waals surface area contributed by atoms with Gasteiger partial charge in [-0.2, -0.15) is 0 Å². The van der Waals surface area contributed by atoms with Gasteiger partial charge in [-0.25, -0.2) is 0 Å². The normalized spacial score (nSPS) is 13.7. The Balaban J connectivity index is 1.91. The summed E-state index contributed by atoms with van der Waals surface area (Å²) >= 11 is 0. The van der Waals surface area contributed by atoms with Crippen molar-refractivity contribution in [3.8, 4) is 0 Å². The van der Waals surface area contributed by atoms with Crippen molar-refractivity contribution in [1.29, 1.82) is 0 Å². The zero-order chi connectivity index (χ0) is 31.1. The summed E-state index contributed by atoms with van der Waals surface area (Å²) in [5, 5.41) is 0. The Morgan fingerprint density at radius 1 is 0.419 bits per heavy atom. The first-order valence-corrected chi connectivity index (χ1v) is 19.0. The number of unbranched alkanes of at least 4 members (excludes halogenated alkanes) is 22. The minimum absolute atomic E-state index is 0.231. The molecule has 4 heteroatoms. The molecule has 1 rings (SSSR count). The van der Waals surface area contributed by atoms with Crippen molar-refractivity contribution < 1.29 is 9.59 Å². The molecule has 0 bridgehead atoms. The summed E-state index contributed by atoms with van der Waals surface area (Å²) in [6.45, 7) is 6.47. The first-order chi connectivity index (χ1) is 21.2. The summed E-state index contributed by atoms with van der Waals surface area (Å²) < 4.78 is 0. The predicted molar refractivity (Wildman–Crippen MR) is 187 cm³/mol. The lowest BCUT2D eigenvalue weighted by Crippen LogP contribution is -2.33. The smallest absolute Gasteiger partial charge is 0.224 e. The third kappa shape index (κ3) is 24.4. The maximum Gasteiger partial charge on any atom is 0.224 e. The van der Waals surface area contributed by atoms with E-state index >= 15 is 0 Å². The molecule has 0 aromatic carbocycles. The topological polar surface area (TPSA) is 40.6 Å². The first kappa shape index (κ1) is 39.4. The fourth-order valence-electron chi connectivity index (χ4n) is 6.01. The van der Waals surface area contributed by atoms with E-state index in [9.17, 15) is 9.59 Å². The van der Waals surface area contributed by atoms with Crippen molar-refractivity contribution in [3.63, 3.8) is 0 Å². The van der Waals surface area contributed by atoms with E-state index in [0.29, 0.717) is 32.6 Å². The van der Waals surface area contributed by atoms with Crippen LogP contribution in [-0.2, 0) is 9.59 Å². The lowest BCUT2D eigenvalue weighted by atomic mass is 10.1. The fraction of sp³-hybridized carbons (Fsp3) is 0.846. The van der Waals surface area contributed by atoms with Gasteiger partial charge in [0, 0.05) is 25.9 Å². The van der Waals surface area contributed by atoms with Crippen LogP contribution >= 0.6 is 0 Å². The van der Waals surface area contributed by atoms with Crippen molar-refractivity contribution in [1.82, 2.24) is 9.80 Å². The lowest BCUT2D eigenvalue weighted by molar-refractivity contribution is -0.134. The molecule has 0 saturated carbocycles. The molecular formula is C39H72N2O2. The molecule has 0 spiro atoms. The highest BCUT2D eigenvalue weighted by atomic mass is 16.2. The van der Waals surface area contributed by atoms with Crippen molar-refractivity contribution in [3.05, 3.63) is 24.3 Å². The molecule has 250 valence electrons. The Bertz CT molecular complexity index is 643. The van der Waals surface area contributed by atoms with Gasteiger partial charge in [0.05, 0.1) is 6.67 Å². The van der Waals surface area contributed by atoms with Gasteiger partial charge in [0.1, 0.15) is 0 Å². The molecular weight excluding hydrogens is 528 g/mol. The molecule has 0 aromatic heterocycles. The molecule has 0 aliphatic carbocycles. The monoisotopic (exact) mass is 601 g/mol. The molecule has 1 saturated heterocycles. The molecule has 0 aromatic rings. The standard InChI is InChI=1S/C39H72N2O2/c1-3-5-7-9-11-13-15-17-19-21-23-25-27-29-31-33-38(42)40-35-36-41(37-40)39(43)34-32-30-28-26-24-22-20-18-16-14-12-10-8-6-4-2/h17-20H,3-16,21-37H2,1-2H3. The second-order valence-electron chi connectivity index (χ2n) is 13.1. The van der Waals surface area contributed by atoms with Crippen molar-refractivity contribution in [2.75, 3.05) is 19.8 Å². The summed E-state index contributed by atoms with van der Waals surface area (Å²) in [6.07, 6.45) is 43.8. The highest BCUT2D eigenvalue weighted by molar-refractivity contribution is 5.80. The highest BCUT2D eigenvalue weighted by Gasteiger charge is 2.26. The van der Waals surface area contributed by atoms with Crippen LogP contribution in [0, 0.1) is 0 Å². The van der Waals surface area contributed by atoms with E-state index in [4.69, 9.17) is 0 Å². The van der Waals surface area contributed by atoms with Gasteiger partial charge in [0.2, 0.25) is 11.8 Å². The Morgan fingerprint density at radius 2 is 0.698 bits per heavy atom. The number of carbonyl (C=O) groups excluding carboxylic acids is 2. The van der Waals surface area contributed by atoms with Crippen LogP contribution in [0.2, 0.25) is 0 Å². The van der Waals surface area contributed by atoms with E-state index in [1.807, 2.05) is 9.80 Å². The molecule has 1 aliphatic rings. The summed E-state index contributed by atoms with van der Waals surface area (Å²) in [5.74, 6) is 0.461. The molecule has 0 unspecified atom stereocenters. The van der Waals surface area contributed by atoms with Gasteiger partial charge in [0.15, 0.2) is 0 Å². The molecule has 0 N–H and O–H groups in total. The average Bonchev–Trinajstić information content (AvgIpc) is 3.52. The van der Waals surface area contributed by atoms with Crippen molar-refractivity contribution in [2.45, 2.75) is 194 Å². The van der Waals surface area contributed by atoms with Crippen LogP contribution in [-0.4, -0.2) is 41.4 Å². The minimum atomic E-state index is 0.231. The number of amides is 2. The summed E-state index contributed by atoms with van der Waals surface area (Å²) in [6, 6.07) is 0. The number of nitrogens with zero attached hydrogens (tertiary/aromatic N) is 2. The zero-order valence-corrected chi connectivity index (χ0v) is 28.9. The minimum Gasteiger partial charge on any atom is -0.323 e. The van der Waals surface area contributed by atoms with Gasteiger partial charge in [0.25, 0.3) is 0 Å². The summed E-state index contributed by atoms with van der Waals surface area (Å²) in [4.78, 5) is 29.0. The van der Waals surface area contributed by atoms with E-state index in [2.05, 4.69) is 38.2 Å². The summed E-state index contributed by atoms with van der Waals surface area (Å²) in [5.41, 5.74) is 0. The molecule has 1 fully saturated rings. The zero-order valence-electron chi connectivity index (χ0n) is 28.9. The van der Waals surface area contributed by atoms with Crippen LogP contribution < -0.4 is 0 Å². The Kier molecular flexibility index (Phi) is 27.9. The predicted octanol–water partition coefficient (Wildman–Crippen LogP) is 11.7. The lowest BCUT2D eigenvalue weighted by Gasteiger charge is -2.18. The fourth-order valence-corrected chi connectivity index (χ4v) is 6.01. The van der Waals surface area contributed by atoms with Crippen LogP contribution in [0.25, 0.3) is 0 Å². The Morgan fingerprint density at radius 3 is 1.02 bits per heavy atom. The Hall–Kier alpha value is -1.58. The van der Waals surface area contributed by atoms with E-state index in [-0.39, 0.29) is 11.8 Å². The van der Waals surface area contributed by atoms with Gasteiger partial charge < -0.3 is 9.80 Å². The van der Waals surface area contributed by atoms with Gasteiger partial charge in [-0.15, -0.1) is 0 Å². The van der Waals surface area contributed by atoms with E-state index < -0.39 is 0 Å². The molecule has 0 atom stereocenters. The maximum absolute atomic E-state index is 12.6. The van der Waals surface area contributed by atoms with Crippen LogP contribution in [0.5, 0.6) is 0 Å². The molecule has 1 aliphatic heterocycles. The third-order valence-electron chi connectivity index (χ3n) is 8.99. The van der Waals surface area contributed by atoms with E-state index in [0.717, 1.165) is 25.7 Å². The SMILES string of the molecule is CCCCCCCCC=CCCCCCCCC(=O)N1CCN(C(=O)CCCCCCCC=CCCCCCCCC)C1. The number of hydrogen-bond acceptors (Lipinski definition) is 2. The van der Waals surface area contributed by atoms with Crippen LogP contribution in [0.15, 0.2) is 24.3 Å². The van der Waals surface area contributed by atoms with Crippen molar-refractivity contribution in [2.24, 2.45) is 0 Å². The number of rotatable bonds is 30. The van der Waals surface area contributed by atoms with Crippen LogP contribution in [0.1, 0.15) is 194 Å². The van der Waals surface area contributed by atoms with Gasteiger partial charge in [-0.3, -0.25) is 9.59 Å². The third-order valence-corrected chi connectivity index (χ3v) is 8.99. The van der Waals surface area contributed by atoms with Crippen molar-refractivity contribution >= 4 is 11.8 Å². The van der Waals surface area contributed by atoms with Crippen LogP contribution in [0.3, 0.4) is 0 Å². The second-order valence-corrected chi connectivity index (χ2v) is 13.1. The van der Waals surface area contributed by atoms with Crippen LogP contribution in [0.4, 0.5) is 0 Å². The van der Waals surface area contributed by atoms with Gasteiger partial charge in [-0.1, -0.05) is 141 Å². The van der Waals surface area contributed by atoms with E-state index in [1.54, 1.807) is 0 Å². The average molecular weight is 601 g/mol. The molecule has 2 amide bonds. The Labute approximate surface area is 268 Å². The van der Waals surface area contributed by atoms with E-state index in [1.165, 1.54) is 141 Å². The number of hydrogen-bond donors (Lipinski definition) is 0. The molecule has 4 nitrogen and oxygen atoms in total.